The number of anilines is 1. The number of hydrogen-bond acceptors (Lipinski definition) is 2. The van der Waals surface area contributed by atoms with Crippen LogP contribution < -0.4 is 10.6 Å². The van der Waals surface area contributed by atoms with Gasteiger partial charge < -0.3 is 10.6 Å². The summed E-state index contributed by atoms with van der Waals surface area (Å²) in [4.78, 5) is 12.4. The minimum atomic E-state index is 0.00464. The Labute approximate surface area is 120 Å². The number of allylic oxidation sites excluding steroid dienone is 1. The van der Waals surface area contributed by atoms with Crippen LogP contribution in [-0.2, 0) is 4.79 Å². The molecule has 2 N–H and O–H groups in total. The highest BCUT2D eigenvalue weighted by Crippen LogP contribution is 2.31. The second-order valence-corrected chi connectivity index (χ2v) is 5.65. The molecule has 20 heavy (non-hydrogen) atoms. The smallest absolute Gasteiger partial charge is 0.227 e. The lowest BCUT2D eigenvalue weighted by atomic mass is 9.90. The van der Waals surface area contributed by atoms with E-state index in [4.69, 9.17) is 0 Å². The Morgan fingerprint density at radius 3 is 3.10 bits per heavy atom. The van der Waals surface area contributed by atoms with Gasteiger partial charge in [0.1, 0.15) is 0 Å². The Balaban J connectivity index is 1.57. The van der Waals surface area contributed by atoms with Crippen LogP contribution in [0.1, 0.15) is 43.6 Å². The summed E-state index contributed by atoms with van der Waals surface area (Å²) in [7, 11) is 0. The molecule has 1 aliphatic carbocycles. The monoisotopic (exact) mass is 270 g/mol. The van der Waals surface area contributed by atoms with E-state index >= 15 is 0 Å². The maximum absolute atomic E-state index is 12.4. The summed E-state index contributed by atoms with van der Waals surface area (Å²) in [6.07, 6.45) is 7.93. The highest BCUT2D eigenvalue weighted by atomic mass is 16.1. The number of hydrogen-bond donors (Lipinski definition) is 2. The Bertz CT molecular complexity index is 521. The lowest BCUT2D eigenvalue weighted by Gasteiger charge is -2.25. The fourth-order valence-corrected chi connectivity index (χ4v) is 3.17. The van der Waals surface area contributed by atoms with Crippen molar-refractivity contribution in [3.63, 3.8) is 0 Å². The molecule has 1 heterocycles. The molecule has 0 saturated heterocycles. The van der Waals surface area contributed by atoms with E-state index in [9.17, 15) is 4.79 Å². The molecule has 3 nitrogen and oxygen atoms in total. The van der Waals surface area contributed by atoms with Crippen LogP contribution in [0.15, 0.2) is 35.9 Å². The summed E-state index contributed by atoms with van der Waals surface area (Å²) < 4.78 is 0. The third-order valence-corrected chi connectivity index (χ3v) is 4.28. The summed E-state index contributed by atoms with van der Waals surface area (Å²) >= 11 is 0. The summed E-state index contributed by atoms with van der Waals surface area (Å²) in [5.41, 5.74) is 3.75. The lowest BCUT2D eigenvalue weighted by molar-refractivity contribution is -0.122. The third-order valence-electron chi connectivity index (χ3n) is 4.28. The van der Waals surface area contributed by atoms with Gasteiger partial charge in [0.25, 0.3) is 0 Å². The fraction of sp³-hybridized carbons (Fsp3) is 0.471. The van der Waals surface area contributed by atoms with Gasteiger partial charge in [0.05, 0.1) is 5.92 Å². The molecule has 0 fully saturated rings. The van der Waals surface area contributed by atoms with Crippen molar-refractivity contribution < 1.29 is 4.79 Å². The number of para-hydroxylation sites is 1. The van der Waals surface area contributed by atoms with Gasteiger partial charge in [-0.2, -0.15) is 0 Å². The first kappa shape index (κ1) is 13.2. The molecule has 0 saturated carbocycles. The number of carbonyl (C=O) groups excluding carboxylic acids is 1. The quantitative estimate of drug-likeness (QED) is 0.825. The highest BCUT2D eigenvalue weighted by molar-refractivity contribution is 5.86. The van der Waals surface area contributed by atoms with Gasteiger partial charge in [-0.1, -0.05) is 29.8 Å². The van der Waals surface area contributed by atoms with Crippen molar-refractivity contribution >= 4 is 11.6 Å². The van der Waals surface area contributed by atoms with Gasteiger partial charge in [0.15, 0.2) is 0 Å². The predicted octanol–water partition coefficient (Wildman–Crippen LogP) is 3.20. The maximum Gasteiger partial charge on any atom is 0.227 e. The van der Waals surface area contributed by atoms with Gasteiger partial charge >= 0.3 is 0 Å². The van der Waals surface area contributed by atoms with Crippen LogP contribution in [-0.4, -0.2) is 19.0 Å². The van der Waals surface area contributed by atoms with E-state index in [2.05, 4.69) is 28.8 Å². The summed E-state index contributed by atoms with van der Waals surface area (Å²) in [5, 5.41) is 6.47. The first-order chi connectivity index (χ1) is 9.84. The normalized spacial score (nSPS) is 20.8. The van der Waals surface area contributed by atoms with Gasteiger partial charge in [-0.15, -0.1) is 0 Å². The molecule has 1 atom stereocenters. The number of amides is 1. The molecule has 0 aromatic heterocycles. The Kier molecular flexibility index (Phi) is 4.05. The maximum atomic E-state index is 12.4. The van der Waals surface area contributed by atoms with Gasteiger partial charge in [-0.25, -0.2) is 0 Å². The van der Waals surface area contributed by atoms with E-state index in [1.807, 2.05) is 12.1 Å². The molecule has 1 aliphatic heterocycles. The average Bonchev–Trinajstić information content (AvgIpc) is 3.00. The Morgan fingerprint density at radius 2 is 2.25 bits per heavy atom. The van der Waals surface area contributed by atoms with Crippen molar-refractivity contribution in [1.29, 1.82) is 0 Å². The van der Waals surface area contributed by atoms with Crippen LogP contribution in [0.3, 0.4) is 0 Å². The van der Waals surface area contributed by atoms with Crippen molar-refractivity contribution in [2.75, 3.05) is 18.4 Å². The van der Waals surface area contributed by atoms with E-state index in [1.165, 1.54) is 24.8 Å². The molecule has 1 aromatic rings. The molecule has 106 valence electrons. The number of nitrogens with one attached hydrogen (secondary N) is 2. The third kappa shape index (κ3) is 2.87. The van der Waals surface area contributed by atoms with Crippen molar-refractivity contribution in [2.24, 2.45) is 0 Å². The molecule has 0 radical (unpaired) electrons. The molecule has 1 amide bonds. The van der Waals surface area contributed by atoms with Crippen molar-refractivity contribution in [3.05, 3.63) is 41.5 Å². The standard InChI is InChI=1S/C17H22N2O/c20-17(19-11-9-13-5-1-2-6-13)15-10-12-18-16-8-4-3-7-14(15)16/h3-5,7-8,15,18H,1-2,6,9-12H2,(H,19,20). The predicted molar refractivity (Wildman–Crippen MR) is 81.9 cm³/mol. The molecule has 1 unspecified atom stereocenters. The fourth-order valence-electron chi connectivity index (χ4n) is 3.17. The zero-order valence-corrected chi connectivity index (χ0v) is 11.8. The molecule has 0 bridgehead atoms. The number of fused-ring (bicyclic) bond motifs is 1. The number of carbonyl (C=O) groups is 1. The van der Waals surface area contributed by atoms with Crippen molar-refractivity contribution in [2.45, 2.75) is 38.0 Å². The number of rotatable bonds is 4. The van der Waals surface area contributed by atoms with Crippen LogP contribution in [0.4, 0.5) is 5.69 Å². The topological polar surface area (TPSA) is 41.1 Å². The van der Waals surface area contributed by atoms with Gasteiger partial charge in [0, 0.05) is 18.8 Å². The molecule has 1 aromatic carbocycles. The first-order valence-corrected chi connectivity index (χ1v) is 7.63. The highest BCUT2D eigenvalue weighted by Gasteiger charge is 2.25. The molecule has 3 rings (SSSR count). The molecular formula is C17H22N2O. The SMILES string of the molecule is O=C(NCCC1=CCCC1)C1CCNc2ccccc21. The van der Waals surface area contributed by atoms with Crippen LogP contribution in [0, 0.1) is 0 Å². The first-order valence-electron chi connectivity index (χ1n) is 7.63. The minimum absolute atomic E-state index is 0.00464. The lowest BCUT2D eigenvalue weighted by Crippen LogP contribution is -2.33. The van der Waals surface area contributed by atoms with E-state index in [-0.39, 0.29) is 11.8 Å². The molecule has 3 heteroatoms. The van der Waals surface area contributed by atoms with Crippen LogP contribution in [0.25, 0.3) is 0 Å². The minimum Gasteiger partial charge on any atom is -0.385 e. The zero-order valence-electron chi connectivity index (χ0n) is 11.8. The summed E-state index contributed by atoms with van der Waals surface area (Å²) in [6.45, 7) is 1.65. The van der Waals surface area contributed by atoms with Crippen molar-refractivity contribution in [1.82, 2.24) is 5.32 Å². The van der Waals surface area contributed by atoms with Gasteiger partial charge in [-0.05, 0) is 43.7 Å². The molecular weight excluding hydrogens is 248 g/mol. The second-order valence-electron chi connectivity index (χ2n) is 5.65. The summed E-state index contributed by atoms with van der Waals surface area (Å²) in [6, 6.07) is 8.14. The van der Waals surface area contributed by atoms with E-state index in [1.54, 1.807) is 0 Å². The van der Waals surface area contributed by atoms with Crippen LogP contribution in [0.2, 0.25) is 0 Å². The van der Waals surface area contributed by atoms with E-state index < -0.39 is 0 Å². The van der Waals surface area contributed by atoms with E-state index in [0.717, 1.165) is 37.2 Å². The van der Waals surface area contributed by atoms with Crippen LogP contribution in [0.5, 0.6) is 0 Å². The van der Waals surface area contributed by atoms with Crippen LogP contribution >= 0.6 is 0 Å². The largest absolute Gasteiger partial charge is 0.385 e. The summed E-state index contributed by atoms with van der Waals surface area (Å²) in [5.74, 6) is 0.183. The second kappa shape index (κ2) is 6.12. The Morgan fingerprint density at radius 1 is 1.35 bits per heavy atom. The van der Waals surface area contributed by atoms with Gasteiger partial charge in [-0.3, -0.25) is 4.79 Å². The number of benzene rings is 1. The zero-order chi connectivity index (χ0) is 13.8. The Hall–Kier alpha value is -1.77. The molecule has 0 spiro atoms. The van der Waals surface area contributed by atoms with Crippen molar-refractivity contribution in [3.8, 4) is 0 Å². The van der Waals surface area contributed by atoms with Gasteiger partial charge in [0.2, 0.25) is 5.91 Å². The average molecular weight is 270 g/mol. The van der Waals surface area contributed by atoms with E-state index in [0.29, 0.717) is 0 Å². The molecule has 2 aliphatic rings.